The van der Waals surface area contributed by atoms with Gasteiger partial charge in [0.25, 0.3) is 5.91 Å². The maximum Gasteiger partial charge on any atom is 0.254 e. The molecule has 180 valence electrons. The predicted molar refractivity (Wildman–Crippen MR) is 128 cm³/mol. The second-order valence-corrected chi connectivity index (χ2v) is 11.6. The van der Waals surface area contributed by atoms with Crippen LogP contribution < -0.4 is 14.2 Å². The van der Waals surface area contributed by atoms with Gasteiger partial charge in [-0.05, 0) is 35.1 Å². The Morgan fingerprint density at radius 3 is 2.00 bits per heavy atom. The van der Waals surface area contributed by atoms with E-state index in [4.69, 9.17) is 14.2 Å². The number of sulfone groups is 1. The number of nitrogens with zero attached hydrogens (tertiary/aromatic N) is 1. The number of amides is 1. The molecule has 1 heterocycles. The molecule has 8 heteroatoms. The van der Waals surface area contributed by atoms with E-state index in [0.29, 0.717) is 35.8 Å². The first-order valence-electron chi connectivity index (χ1n) is 10.9. The zero-order chi connectivity index (χ0) is 24.4. The highest BCUT2D eigenvalue weighted by Crippen LogP contribution is 2.39. The molecule has 1 aliphatic rings. The van der Waals surface area contributed by atoms with Gasteiger partial charge in [0, 0.05) is 18.2 Å². The van der Waals surface area contributed by atoms with Crippen molar-refractivity contribution >= 4 is 15.7 Å². The molecule has 1 aliphatic heterocycles. The third kappa shape index (κ3) is 5.61. The number of carbonyl (C=O) groups excluding carboxylic acids is 1. The molecule has 1 saturated heterocycles. The van der Waals surface area contributed by atoms with E-state index in [2.05, 4.69) is 32.9 Å². The highest BCUT2D eigenvalue weighted by Gasteiger charge is 2.35. The predicted octanol–water partition coefficient (Wildman–Crippen LogP) is 3.84. The monoisotopic (exact) mass is 475 g/mol. The van der Waals surface area contributed by atoms with E-state index in [1.807, 2.05) is 12.1 Å². The summed E-state index contributed by atoms with van der Waals surface area (Å²) in [6.45, 7) is 6.74. The number of benzene rings is 2. The SMILES string of the molecule is COc1cc(C(=O)N(Cc2ccc(C(C)(C)C)cc2)[C@@H]2CCS(=O)(=O)C2)cc(OC)c1OC. The van der Waals surface area contributed by atoms with E-state index >= 15 is 0 Å². The van der Waals surface area contributed by atoms with E-state index in [9.17, 15) is 13.2 Å². The van der Waals surface area contributed by atoms with Crippen LogP contribution in [-0.4, -0.2) is 58.1 Å². The Morgan fingerprint density at radius 1 is 1.00 bits per heavy atom. The van der Waals surface area contributed by atoms with Gasteiger partial charge in [0.2, 0.25) is 5.75 Å². The topological polar surface area (TPSA) is 82.1 Å². The average Bonchev–Trinajstić information content (AvgIpc) is 3.14. The van der Waals surface area contributed by atoms with Gasteiger partial charge >= 0.3 is 0 Å². The minimum atomic E-state index is -3.17. The molecule has 0 aromatic heterocycles. The number of carbonyl (C=O) groups is 1. The van der Waals surface area contributed by atoms with Crippen molar-refractivity contribution in [2.45, 2.75) is 45.2 Å². The Bertz CT molecular complexity index is 1080. The smallest absolute Gasteiger partial charge is 0.254 e. The zero-order valence-corrected chi connectivity index (χ0v) is 21.0. The summed E-state index contributed by atoms with van der Waals surface area (Å²) in [5, 5.41) is 0. The maximum atomic E-state index is 13.7. The minimum Gasteiger partial charge on any atom is -0.493 e. The Hall–Kier alpha value is -2.74. The number of methoxy groups -OCH3 is 3. The second-order valence-electron chi connectivity index (χ2n) is 9.35. The fraction of sp³-hybridized carbons (Fsp3) is 0.480. The lowest BCUT2D eigenvalue weighted by Gasteiger charge is -2.29. The molecule has 1 atom stereocenters. The lowest BCUT2D eigenvalue weighted by Crippen LogP contribution is -2.40. The fourth-order valence-corrected chi connectivity index (χ4v) is 5.80. The molecule has 7 nitrogen and oxygen atoms in total. The molecular weight excluding hydrogens is 442 g/mol. The molecule has 0 saturated carbocycles. The maximum absolute atomic E-state index is 13.7. The molecular formula is C25H33NO6S. The van der Waals surface area contributed by atoms with Gasteiger partial charge in [-0.1, -0.05) is 45.0 Å². The molecule has 1 fully saturated rings. The normalized spacial score (nSPS) is 17.5. The number of hydrogen-bond acceptors (Lipinski definition) is 6. The summed E-state index contributed by atoms with van der Waals surface area (Å²) in [6.07, 6.45) is 0.415. The molecule has 2 aromatic carbocycles. The molecule has 3 rings (SSSR count). The molecule has 0 aliphatic carbocycles. The van der Waals surface area contributed by atoms with Crippen LogP contribution in [-0.2, 0) is 21.8 Å². The molecule has 0 bridgehead atoms. The van der Waals surface area contributed by atoms with Crippen molar-refractivity contribution in [2.24, 2.45) is 0 Å². The van der Waals surface area contributed by atoms with Crippen LogP contribution in [0.25, 0.3) is 0 Å². The summed E-state index contributed by atoms with van der Waals surface area (Å²) >= 11 is 0. The molecule has 33 heavy (non-hydrogen) atoms. The summed E-state index contributed by atoms with van der Waals surface area (Å²) in [5.74, 6) is 0.895. The number of ether oxygens (including phenoxy) is 3. The van der Waals surface area contributed by atoms with Crippen LogP contribution in [0.15, 0.2) is 36.4 Å². The summed E-state index contributed by atoms with van der Waals surface area (Å²) in [5.41, 5.74) is 2.49. The van der Waals surface area contributed by atoms with Crippen LogP contribution in [0.5, 0.6) is 17.2 Å². The summed E-state index contributed by atoms with van der Waals surface area (Å²) in [4.78, 5) is 15.3. The van der Waals surface area contributed by atoms with Crippen LogP contribution in [0.4, 0.5) is 0 Å². The van der Waals surface area contributed by atoms with Crippen molar-refractivity contribution in [1.29, 1.82) is 0 Å². The Kier molecular flexibility index (Phi) is 7.26. The van der Waals surface area contributed by atoms with Crippen molar-refractivity contribution in [3.8, 4) is 17.2 Å². The quantitative estimate of drug-likeness (QED) is 0.605. The van der Waals surface area contributed by atoms with Gasteiger partial charge in [0.15, 0.2) is 21.3 Å². The number of hydrogen-bond donors (Lipinski definition) is 0. The Balaban J connectivity index is 1.99. The van der Waals surface area contributed by atoms with Gasteiger partial charge < -0.3 is 19.1 Å². The molecule has 0 unspecified atom stereocenters. The lowest BCUT2D eigenvalue weighted by molar-refractivity contribution is 0.0680. The summed E-state index contributed by atoms with van der Waals surface area (Å²) in [7, 11) is 1.30. The van der Waals surface area contributed by atoms with Crippen LogP contribution >= 0.6 is 0 Å². The van der Waals surface area contributed by atoms with Gasteiger partial charge in [-0.25, -0.2) is 8.42 Å². The van der Waals surface area contributed by atoms with Gasteiger partial charge in [-0.2, -0.15) is 0 Å². The molecule has 2 aromatic rings. The lowest BCUT2D eigenvalue weighted by atomic mass is 9.86. The molecule has 0 spiro atoms. The zero-order valence-electron chi connectivity index (χ0n) is 20.2. The van der Waals surface area contributed by atoms with Crippen LogP contribution in [0, 0.1) is 0 Å². The highest BCUT2D eigenvalue weighted by molar-refractivity contribution is 7.91. The first-order chi connectivity index (χ1) is 15.5. The highest BCUT2D eigenvalue weighted by atomic mass is 32.2. The van der Waals surface area contributed by atoms with Crippen LogP contribution in [0.1, 0.15) is 48.7 Å². The van der Waals surface area contributed by atoms with E-state index in [-0.39, 0.29) is 22.8 Å². The van der Waals surface area contributed by atoms with E-state index in [1.54, 1.807) is 17.0 Å². The molecule has 0 radical (unpaired) electrons. The average molecular weight is 476 g/mol. The largest absolute Gasteiger partial charge is 0.493 e. The van der Waals surface area contributed by atoms with Crippen molar-refractivity contribution in [3.63, 3.8) is 0 Å². The van der Waals surface area contributed by atoms with E-state index < -0.39 is 15.9 Å². The first kappa shape index (κ1) is 24.9. The van der Waals surface area contributed by atoms with E-state index in [1.165, 1.54) is 26.9 Å². The third-order valence-corrected chi connectivity index (χ3v) is 7.74. The second kappa shape index (κ2) is 9.63. The van der Waals surface area contributed by atoms with E-state index in [0.717, 1.165) is 5.56 Å². The van der Waals surface area contributed by atoms with Gasteiger partial charge in [0.05, 0.1) is 32.8 Å². The molecule has 1 amide bonds. The van der Waals surface area contributed by atoms with Gasteiger partial charge in [0.1, 0.15) is 0 Å². The third-order valence-electron chi connectivity index (χ3n) is 5.99. The Morgan fingerprint density at radius 2 is 1.58 bits per heavy atom. The first-order valence-corrected chi connectivity index (χ1v) is 12.7. The summed E-state index contributed by atoms with van der Waals surface area (Å²) in [6, 6.07) is 10.9. The fourth-order valence-electron chi connectivity index (χ4n) is 4.07. The Labute approximate surface area is 196 Å². The minimum absolute atomic E-state index is 0.0176. The summed E-state index contributed by atoms with van der Waals surface area (Å²) < 4.78 is 40.6. The van der Waals surface area contributed by atoms with Gasteiger partial charge in [-0.15, -0.1) is 0 Å². The van der Waals surface area contributed by atoms with Crippen molar-refractivity contribution in [2.75, 3.05) is 32.8 Å². The van der Waals surface area contributed by atoms with Crippen molar-refractivity contribution in [3.05, 3.63) is 53.1 Å². The van der Waals surface area contributed by atoms with Crippen molar-refractivity contribution < 1.29 is 27.4 Å². The van der Waals surface area contributed by atoms with Crippen LogP contribution in [0.2, 0.25) is 0 Å². The van der Waals surface area contributed by atoms with Crippen molar-refractivity contribution in [1.82, 2.24) is 4.90 Å². The van der Waals surface area contributed by atoms with Gasteiger partial charge in [-0.3, -0.25) is 4.79 Å². The number of rotatable bonds is 7. The molecule has 0 N–H and O–H groups in total. The standard InChI is InChI=1S/C25H33NO6S/c1-25(2,3)19-9-7-17(8-10-19)15-26(20-11-12-33(28,29)16-20)24(27)18-13-21(30-4)23(32-6)22(14-18)31-5/h7-10,13-14,20H,11-12,15-16H2,1-6H3/t20-/m1/s1. The van der Waals surface area contributed by atoms with Crippen LogP contribution in [0.3, 0.4) is 0 Å².